The van der Waals surface area contributed by atoms with Crippen LogP contribution in [0.1, 0.15) is 23.0 Å². The Hall–Kier alpha value is -1.62. The van der Waals surface area contributed by atoms with Crippen molar-refractivity contribution < 1.29 is 14.6 Å². The van der Waals surface area contributed by atoms with E-state index in [1.165, 1.54) is 12.3 Å². The number of aromatic nitrogens is 1. The van der Waals surface area contributed by atoms with Crippen molar-refractivity contribution in [3.8, 4) is 0 Å². The molecular weight excluding hydrogens is 210 g/mol. The summed E-state index contributed by atoms with van der Waals surface area (Å²) >= 11 is 0. The van der Waals surface area contributed by atoms with Crippen LogP contribution in [0.3, 0.4) is 0 Å². The minimum atomic E-state index is -1.20. The van der Waals surface area contributed by atoms with E-state index < -0.39 is 11.4 Å². The molecule has 1 rings (SSSR count). The number of methoxy groups -OCH3 is 1. The Morgan fingerprint density at radius 1 is 1.62 bits per heavy atom. The first-order chi connectivity index (χ1) is 7.45. The number of rotatable bonds is 4. The van der Waals surface area contributed by atoms with Gasteiger partial charge in [-0.1, -0.05) is 0 Å². The molecule has 0 spiro atoms. The molecule has 16 heavy (non-hydrogen) atoms. The van der Waals surface area contributed by atoms with Crippen molar-refractivity contribution in [2.75, 3.05) is 7.11 Å². The summed E-state index contributed by atoms with van der Waals surface area (Å²) in [7, 11) is 1.58. The van der Waals surface area contributed by atoms with Crippen LogP contribution in [0.4, 0.5) is 0 Å². The summed E-state index contributed by atoms with van der Waals surface area (Å²) in [4.78, 5) is 22.2. The summed E-state index contributed by atoms with van der Waals surface area (Å²) in [5.74, 6) is -1.20. The molecule has 0 saturated carbocycles. The number of carboxylic acid groups (broad SMARTS) is 1. The minimum Gasteiger partial charge on any atom is -0.477 e. The van der Waals surface area contributed by atoms with E-state index >= 15 is 0 Å². The second kappa shape index (κ2) is 4.94. The average molecular weight is 225 g/mol. The van der Waals surface area contributed by atoms with E-state index in [9.17, 15) is 9.59 Å². The van der Waals surface area contributed by atoms with Gasteiger partial charge in [-0.15, -0.1) is 0 Å². The number of hydrogen-bond donors (Lipinski definition) is 1. The topological polar surface area (TPSA) is 68.5 Å². The van der Waals surface area contributed by atoms with Crippen molar-refractivity contribution in [3.63, 3.8) is 0 Å². The van der Waals surface area contributed by atoms with Crippen LogP contribution in [-0.2, 0) is 11.3 Å². The third kappa shape index (κ3) is 2.70. The zero-order valence-electron chi connectivity index (χ0n) is 9.56. The number of carboxylic acids is 1. The van der Waals surface area contributed by atoms with Gasteiger partial charge in [-0.3, -0.25) is 4.79 Å². The lowest BCUT2D eigenvalue weighted by molar-refractivity contribution is 0.0692. The number of aryl methyl sites for hydroxylation is 1. The van der Waals surface area contributed by atoms with Gasteiger partial charge in [-0.2, -0.15) is 0 Å². The fourth-order valence-corrected chi connectivity index (χ4v) is 1.38. The molecule has 5 heteroatoms. The first kappa shape index (κ1) is 12.4. The summed E-state index contributed by atoms with van der Waals surface area (Å²) in [5.41, 5.74) is 0.0409. The summed E-state index contributed by atoms with van der Waals surface area (Å²) < 4.78 is 6.80. The van der Waals surface area contributed by atoms with Crippen molar-refractivity contribution in [1.29, 1.82) is 0 Å². The highest BCUT2D eigenvalue weighted by molar-refractivity contribution is 5.87. The Morgan fingerprint density at radius 3 is 2.75 bits per heavy atom. The van der Waals surface area contributed by atoms with E-state index in [-0.39, 0.29) is 11.7 Å². The SMILES string of the molecule is COC(C)Cn1cc(C(=O)O)c(=O)cc1C. The fourth-order valence-electron chi connectivity index (χ4n) is 1.38. The molecule has 88 valence electrons. The average Bonchev–Trinajstić information content (AvgIpc) is 2.21. The maximum absolute atomic E-state index is 11.4. The van der Waals surface area contributed by atoms with E-state index in [2.05, 4.69) is 0 Å². The third-order valence-electron chi connectivity index (χ3n) is 2.43. The number of pyridine rings is 1. The number of ether oxygens (including phenoxy) is 1. The van der Waals surface area contributed by atoms with Crippen LogP contribution in [0.2, 0.25) is 0 Å². The Morgan fingerprint density at radius 2 is 2.25 bits per heavy atom. The Kier molecular flexibility index (Phi) is 3.84. The summed E-state index contributed by atoms with van der Waals surface area (Å²) in [6.45, 7) is 4.15. The highest BCUT2D eigenvalue weighted by Gasteiger charge is 2.11. The highest BCUT2D eigenvalue weighted by Crippen LogP contribution is 2.02. The van der Waals surface area contributed by atoms with Crippen molar-refractivity contribution in [1.82, 2.24) is 4.57 Å². The van der Waals surface area contributed by atoms with Gasteiger partial charge in [0.15, 0.2) is 5.43 Å². The molecule has 0 fully saturated rings. The summed E-state index contributed by atoms with van der Waals surface area (Å²) in [5, 5.41) is 8.83. The lowest BCUT2D eigenvalue weighted by Gasteiger charge is -2.15. The molecule has 1 aromatic rings. The van der Waals surface area contributed by atoms with Gasteiger partial charge in [0.05, 0.1) is 6.10 Å². The van der Waals surface area contributed by atoms with Gasteiger partial charge in [0.25, 0.3) is 0 Å². The molecule has 1 heterocycles. The molecular formula is C11H15NO4. The third-order valence-corrected chi connectivity index (χ3v) is 2.43. The van der Waals surface area contributed by atoms with Crippen LogP contribution in [0.15, 0.2) is 17.1 Å². The first-order valence-electron chi connectivity index (χ1n) is 4.93. The Labute approximate surface area is 93.3 Å². The quantitative estimate of drug-likeness (QED) is 0.826. The van der Waals surface area contributed by atoms with E-state index in [0.717, 1.165) is 5.69 Å². The zero-order chi connectivity index (χ0) is 12.3. The van der Waals surface area contributed by atoms with Crippen LogP contribution in [0, 0.1) is 6.92 Å². The standard InChI is InChI=1S/C11H15NO4/c1-7-4-10(13)9(11(14)15)6-12(7)5-8(2)16-3/h4,6,8H,5H2,1-3H3,(H,14,15). The van der Waals surface area contributed by atoms with Crippen LogP contribution >= 0.6 is 0 Å². The molecule has 0 radical (unpaired) electrons. The zero-order valence-corrected chi connectivity index (χ0v) is 9.56. The molecule has 0 aromatic carbocycles. The number of nitrogens with zero attached hydrogens (tertiary/aromatic N) is 1. The monoisotopic (exact) mass is 225 g/mol. The maximum Gasteiger partial charge on any atom is 0.341 e. The minimum absolute atomic E-state index is 0.0390. The van der Waals surface area contributed by atoms with E-state index in [1.807, 2.05) is 6.92 Å². The number of carbonyl (C=O) groups is 1. The van der Waals surface area contributed by atoms with Crippen LogP contribution < -0.4 is 5.43 Å². The molecule has 1 atom stereocenters. The van der Waals surface area contributed by atoms with Crippen LogP contribution in [0.5, 0.6) is 0 Å². The van der Waals surface area contributed by atoms with Gasteiger partial charge in [0.1, 0.15) is 5.56 Å². The number of aromatic carboxylic acids is 1. The molecule has 0 aliphatic rings. The molecule has 1 N–H and O–H groups in total. The normalized spacial score (nSPS) is 12.4. The molecule has 5 nitrogen and oxygen atoms in total. The van der Waals surface area contributed by atoms with Gasteiger partial charge < -0.3 is 14.4 Å². The molecule has 0 aliphatic carbocycles. The van der Waals surface area contributed by atoms with Crippen molar-refractivity contribution in [2.45, 2.75) is 26.5 Å². The van der Waals surface area contributed by atoms with Crippen molar-refractivity contribution in [2.24, 2.45) is 0 Å². The Balaban J connectivity index is 3.15. The first-order valence-corrected chi connectivity index (χ1v) is 4.93. The summed E-state index contributed by atoms with van der Waals surface area (Å²) in [6, 6.07) is 1.33. The fraction of sp³-hybridized carbons (Fsp3) is 0.455. The predicted octanol–water partition coefficient (Wildman–Crippen LogP) is 0.890. The van der Waals surface area contributed by atoms with Gasteiger partial charge in [-0.05, 0) is 13.8 Å². The highest BCUT2D eigenvalue weighted by atomic mass is 16.5. The smallest absolute Gasteiger partial charge is 0.341 e. The predicted molar refractivity (Wildman–Crippen MR) is 58.9 cm³/mol. The lowest BCUT2D eigenvalue weighted by atomic mass is 10.2. The van der Waals surface area contributed by atoms with Gasteiger partial charge >= 0.3 is 5.97 Å². The lowest BCUT2D eigenvalue weighted by Crippen LogP contribution is -2.22. The molecule has 1 unspecified atom stereocenters. The van der Waals surface area contributed by atoms with Crippen LogP contribution in [-0.4, -0.2) is 28.9 Å². The van der Waals surface area contributed by atoms with Gasteiger partial charge in [0.2, 0.25) is 0 Å². The van der Waals surface area contributed by atoms with E-state index in [1.54, 1.807) is 18.6 Å². The molecule has 0 bridgehead atoms. The molecule has 1 aromatic heterocycles. The van der Waals surface area contributed by atoms with Gasteiger partial charge in [0, 0.05) is 31.6 Å². The second-order valence-electron chi connectivity index (χ2n) is 3.70. The molecule has 0 amide bonds. The van der Waals surface area contributed by atoms with Gasteiger partial charge in [-0.25, -0.2) is 4.79 Å². The number of hydrogen-bond acceptors (Lipinski definition) is 3. The summed E-state index contributed by atoms with van der Waals surface area (Å²) in [6.07, 6.45) is 1.32. The molecule has 0 saturated heterocycles. The molecule has 0 aliphatic heterocycles. The largest absolute Gasteiger partial charge is 0.477 e. The van der Waals surface area contributed by atoms with Crippen molar-refractivity contribution in [3.05, 3.63) is 33.7 Å². The Bertz CT molecular complexity index is 450. The van der Waals surface area contributed by atoms with E-state index in [4.69, 9.17) is 9.84 Å². The maximum atomic E-state index is 11.4. The van der Waals surface area contributed by atoms with Crippen LogP contribution in [0.25, 0.3) is 0 Å². The van der Waals surface area contributed by atoms with Crippen molar-refractivity contribution >= 4 is 5.97 Å². The van der Waals surface area contributed by atoms with E-state index in [0.29, 0.717) is 6.54 Å². The second-order valence-corrected chi connectivity index (χ2v) is 3.70.